The van der Waals surface area contributed by atoms with Crippen molar-refractivity contribution in [2.75, 3.05) is 5.32 Å². The zero-order valence-electron chi connectivity index (χ0n) is 13.1. The molecule has 2 aromatic rings. The number of halogens is 2. The number of para-hydroxylation sites is 1. The fraction of sp³-hybridized carbons (Fsp3) is 0.333. The topological polar surface area (TPSA) is 41.5 Å². The summed E-state index contributed by atoms with van der Waals surface area (Å²) in [7, 11) is 0. The summed E-state index contributed by atoms with van der Waals surface area (Å²) < 4.78 is 6.39. The van der Waals surface area contributed by atoms with Crippen LogP contribution in [0.25, 0.3) is 0 Å². The van der Waals surface area contributed by atoms with Gasteiger partial charge < -0.3 is 15.2 Å². The molecule has 0 saturated carbocycles. The molecule has 23 heavy (non-hydrogen) atoms. The molecule has 0 unspecified atom stereocenters. The molecule has 3 nitrogen and oxygen atoms in total. The van der Waals surface area contributed by atoms with Crippen LogP contribution in [-0.2, 0) is 10.3 Å². The Kier molecular flexibility index (Phi) is 4.45. The van der Waals surface area contributed by atoms with Crippen LogP contribution in [0.2, 0.25) is 10.0 Å². The van der Waals surface area contributed by atoms with Crippen molar-refractivity contribution in [2.45, 2.75) is 38.5 Å². The first-order valence-corrected chi connectivity index (χ1v) is 8.48. The fourth-order valence-electron chi connectivity index (χ4n) is 3.19. The molecule has 0 bridgehead atoms. The average molecular weight is 352 g/mol. The number of aromatic hydroxyl groups is 1. The van der Waals surface area contributed by atoms with Crippen LogP contribution in [0.4, 0.5) is 5.69 Å². The third kappa shape index (κ3) is 2.78. The maximum Gasteiger partial charge on any atom is 0.158 e. The van der Waals surface area contributed by atoms with Crippen molar-refractivity contribution in [3.63, 3.8) is 0 Å². The second-order valence-electron chi connectivity index (χ2n) is 5.71. The van der Waals surface area contributed by atoms with Crippen molar-refractivity contribution < 1.29 is 9.84 Å². The van der Waals surface area contributed by atoms with E-state index in [1.807, 2.05) is 18.2 Å². The van der Waals surface area contributed by atoms with Crippen molar-refractivity contribution in [2.24, 2.45) is 0 Å². The monoisotopic (exact) mass is 351 g/mol. The predicted octanol–water partition coefficient (Wildman–Crippen LogP) is 5.86. The number of fused-ring (bicyclic) bond motifs is 1. The van der Waals surface area contributed by atoms with Gasteiger partial charge in [0, 0.05) is 21.8 Å². The number of phenolic OH excluding ortho intramolecular Hbond substituents is 1. The van der Waals surface area contributed by atoms with E-state index in [9.17, 15) is 5.11 Å². The molecule has 2 N–H and O–H groups in total. The smallest absolute Gasteiger partial charge is 0.158 e. The van der Waals surface area contributed by atoms with Crippen molar-refractivity contribution >= 4 is 28.9 Å². The van der Waals surface area contributed by atoms with Crippen molar-refractivity contribution in [3.8, 4) is 5.75 Å². The zero-order valence-corrected chi connectivity index (χ0v) is 14.6. The number of ether oxygens (including phenoxy) is 1. The third-order valence-corrected chi connectivity index (χ3v) is 5.04. The fourth-order valence-corrected chi connectivity index (χ4v) is 3.70. The maximum absolute atomic E-state index is 10.3. The Morgan fingerprint density at radius 3 is 2.57 bits per heavy atom. The van der Waals surface area contributed by atoms with Gasteiger partial charge in [0.15, 0.2) is 6.23 Å². The van der Waals surface area contributed by atoms with Gasteiger partial charge in [0.05, 0.1) is 10.6 Å². The van der Waals surface area contributed by atoms with E-state index in [4.69, 9.17) is 27.9 Å². The van der Waals surface area contributed by atoms with E-state index in [1.54, 1.807) is 6.07 Å². The molecule has 1 atom stereocenters. The lowest BCUT2D eigenvalue weighted by Gasteiger charge is -2.43. The highest BCUT2D eigenvalue weighted by Crippen LogP contribution is 2.48. The van der Waals surface area contributed by atoms with Gasteiger partial charge in [0.25, 0.3) is 0 Å². The number of rotatable bonds is 3. The number of phenols is 1. The lowest BCUT2D eigenvalue weighted by atomic mass is 9.85. The van der Waals surface area contributed by atoms with Crippen molar-refractivity contribution in [1.29, 1.82) is 0 Å². The Balaban J connectivity index is 2.11. The van der Waals surface area contributed by atoms with E-state index >= 15 is 0 Å². The number of hydrogen-bond donors (Lipinski definition) is 2. The van der Waals surface area contributed by atoms with Gasteiger partial charge in [-0.05, 0) is 31.0 Å². The first kappa shape index (κ1) is 16.4. The van der Waals surface area contributed by atoms with E-state index in [-0.39, 0.29) is 10.8 Å². The van der Waals surface area contributed by atoms with E-state index in [1.165, 1.54) is 6.07 Å². The molecule has 0 radical (unpaired) electrons. The summed E-state index contributed by atoms with van der Waals surface area (Å²) in [4.78, 5) is 0. The van der Waals surface area contributed by atoms with Gasteiger partial charge in [-0.15, -0.1) is 0 Å². The van der Waals surface area contributed by atoms with E-state index in [2.05, 4.69) is 25.2 Å². The molecule has 0 amide bonds. The Labute approximate surface area is 146 Å². The summed E-state index contributed by atoms with van der Waals surface area (Å²) in [5.41, 5.74) is 2.27. The van der Waals surface area contributed by atoms with E-state index in [0.29, 0.717) is 10.6 Å². The molecule has 1 aliphatic rings. The predicted molar refractivity (Wildman–Crippen MR) is 94.3 cm³/mol. The summed E-state index contributed by atoms with van der Waals surface area (Å²) in [6.07, 6.45) is 1.14. The summed E-state index contributed by atoms with van der Waals surface area (Å²) in [5.74, 6) is -0.00551. The van der Waals surface area contributed by atoms with Gasteiger partial charge in [-0.3, -0.25) is 0 Å². The minimum atomic E-state index is -0.513. The second-order valence-corrected chi connectivity index (χ2v) is 6.56. The quantitative estimate of drug-likeness (QED) is 0.727. The first-order chi connectivity index (χ1) is 11.0. The van der Waals surface area contributed by atoms with E-state index in [0.717, 1.165) is 24.1 Å². The lowest BCUT2D eigenvalue weighted by Crippen LogP contribution is -2.38. The minimum Gasteiger partial charge on any atom is -0.506 e. The number of nitrogens with one attached hydrogen (secondary N) is 1. The number of hydrogen-bond acceptors (Lipinski definition) is 3. The Hall–Kier alpha value is -1.42. The van der Waals surface area contributed by atoms with Gasteiger partial charge in [-0.1, -0.05) is 55.2 Å². The van der Waals surface area contributed by atoms with E-state index < -0.39 is 11.8 Å². The summed E-state index contributed by atoms with van der Waals surface area (Å²) in [6.45, 7) is 4.21. The molecule has 3 rings (SSSR count). The van der Waals surface area contributed by atoms with Crippen LogP contribution in [-0.4, -0.2) is 5.11 Å². The summed E-state index contributed by atoms with van der Waals surface area (Å²) >= 11 is 12.2. The highest BCUT2D eigenvalue weighted by atomic mass is 35.5. The lowest BCUT2D eigenvalue weighted by molar-refractivity contribution is -0.104. The molecule has 122 valence electrons. The van der Waals surface area contributed by atoms with Crippen LogP contribution in [0.1, 0.15) is 44.0 Å². The standard InChI is InChI=1S/C18H19Cl2NO2/c1-3-18(4-2)13-7-5-6-8-15(13)21-17(23-18)12-9-11(19)10-14(20)16(12)22/h5-10,17,21-22H,3-4H2,1-2H3/t17-/m1/s1. The summed E-state index contributed by atoms with van der Waals surface area (Å²) in [6, 6.07) is 11.3. The minimum absolute atomic E-state index is 0.00551. The van der Waals surface area contributed by atoms with Crippen LogP contribution >= 0.6 is 23.2 Å². The molecule has 0 fully saturated rings. The van der Waals surface area contributed by atoms with Gasteiger partial charge >= 0.3 is 0 Å². The van der Waals surface area contributed by atoms with Gasteiger partial charge in [-0.2, -0.15) is 0 Å². The largest absolute Gasteiger partial charge is 0.506 e. The van der Waals surface area contributed by atoms with Crippen molar-refractivity contribution in [3.05, 3.63) is 57.6 Å². The first-order valence-electron chi connectivity index (χ1n) is 7.72. The molecule has 0 spiro atoms. The van der Waals surface area contributed by atoms with Crippen LogP contribution in [0.3, 0.4) is 0 Å². The second kappa shape index (κ2) is 6.23. The Bertz CT molecular complexity index is 729. The highest BCUT2D eigenvalue weighted by molar-refractivity contribution is 6.35. The van der Waals surface area contributed by atoms with Gasteiger partial charge in [0.1, 0.15) is 5.75 Å². The molecule has 1 aliphatic heterocycles. The number of benzene rings is 2. The Morgan fingerprint density at radius 2 is 1.87 bits per heavy atom. The molecular weight excluding hydrogens is 333 g/mol. The van der Waals surface area contributed by atoms with Crippen LogP contribution < -0.4 is 5.32 Å². The molecule has 0 aliphatic carbocycles. The molecule has 1 heterocycles. The van der Waals surface area contributed by atoms with Crippen molar-refractivity contribution in [1.82, 2.24) is 0 Å². The Morgan fingerprint density at radius 1 is 1.17 bits per heavy atom. The molecule has 2 aromatic carbocycles. The van der Waals surface area contributed by atoms with Crippen LogP contribution in [0, 0.1) is 0 Å². The molecular formula is C18H19Cl2NO2. The third-order valence-electron chi connectivity index (χ3n) is 4.53. The van der Waals surface area contributed by atoms with Gasteiger partial charge in [-0.25, -0.2) is 0 Å². The maximum atomic E-state index is 10.3. The average Bonchev–Trinajstić information content (AvgIpc) is 2.57. The normalized spacial score (nSPS) is 19.0. The summed E-state index contributed by atoms with van der Waals surface area (Å²) in [5, 5.41) is 14.3. The SMILES string of the molecule is CCC1(CC)O[C@H](c2cc(Cl)cc(Cl)c2O)Nc2ccccc21. The van der Waals surface area contributed by atoms with Crippen LogP contribution in [0.15, 0.2) is 36.4 Å². The highest BCUT2D eigenvalue weighted by Gasteiger charge is 2.39. The van der Waals surface area contributed by atoms with Crippen LogP contribution in [0.5, 0.6) is 5.75 Å². The molecule has 0 saturated heterocycles. The molecule has 0 aromatic heterocycles. The number of anilines is 1. The molecule has 5 heteroatoms. The zero-order chi connectivity index (χ0) is 16.6. The van der Waals surface area contributed by atoms with Gasteiger partial charge in [0.2, 0.25) is 0 Å².